The van der Waals surface area contributed by atoms with Gasteiger partial charge in [0.05, 0.1) is 6.61 Å². The monoisotopic (exact) mass is 339 g/mol. The van der Waals surface area contributed by atoms with Crippen LogP contribution in [0.3, 0.4) is 0 Å². The summed E-state index contributed by atoms with van der Waals surface area (Å²) in [5, 5.41) is 9.36. The Kier molecular flexibility index (Phi) is 5.28. The molecule has 5 nitrogen and oxygen atoms in total. The van der Waals surface area contributed by atoms with Crippen LogP contribution >= 0.6 is 11.8 Å². The van der Waals surface area contributed by atoms with E-state index in [1.807, 2.05) is 41.9 Å². The molecule has 24 heavy (non-hydrogen) atoms. The lowest BCUT2D eigenvalue weighted by atomic mass is 10.2. The minimum absolute atomic E-state index is 0.554. The average molecular weight is 339 g/mol. The van der Waals surface area contributed by atoms with Gasteiger partial charge in [-0.15, -0.1) is 10.2 Å². The Morgan fingerprint density at radius 2 is 1.83 bits per heavy atom. The van der Waals surface area contributed by atoms with Crippen molar-refractivity contribution in [2.75, 3.05) is 12.4 Å². The standard InChI is InChI=1S/C18H17N3O2S/c1-21-17(15-5-3-2-4-6-15)19-20-18(21)24-12-11-23-16-9-7-14(13-22)8-10-16/h2-10,13H,11-12H2,1H3. The highest BCUT2D eigenvalue weighted by Gasteiger charge is 2.10. The Bertz CT molecular complexity index is 801. The van der Waals surface area contributed by atoms with E-state index in [9.17, 15) is 4.79 Å². The van der Waals surface area contributed by atoms with Crippen LogP contribution in [0.4, 0.5) is 0 Å². The third kappa shape index (κ3) is 3.83. The minimum atomic E-state index is 0.554. The molecule has 0 spiro atoms. The minimum Gasteiger partial charge on any atom is -0.493 e. The molecule has 0 fully saturated rings. The Balaban J connectivity index is 1.53. The van der Waals surface area contributed by atoms with E-state index < -0.39 is 0 Å². The largest absolute Gasteiger partial charge is 0.493 e. The van der Waals surface area contributed by atoms with Crippen molar-refractivity contribution in [2.24, 2.45) is 7.05 Å². The van der Waals surface area contributed by atoms with Crippen molar-refractivity contribution in [3.05, 3.63) is 60.2 Å². The highest BCUT2D eigenvalue weighted by molar-refractivity contribution is 7.99. The zero-order chi connectivity index (χ0) is 16.8. The summed E-state index contributed by atoms with van der Waals surface area (Å²) in [5.41, 5.74) is 1.69. The summed E-state index contributed by atoms with van der Waals surface area (Å²) in [6.07, 6.45) is 0.817. The Labute approximate surface area is 144 Å². The Morgan fingerprint density at radius 1 is 1.08 bits per heavy atom. The van der Waals surface area contributed by atoms with Gasteiger partial charge in [-0.05, 0) is 24.3 Å². The second-order valence-electron chi connectivity index (χ2n) is 5.12. The molecular formula is C18H17N3O2S. The summed E-state index contributed by atoms with van der Waals surface area (Å²) < 4.78 is 7.65. The number of nitrogens with zero attached hydrogens (tertiary/aromatic N) is 3. The first-order chi connectivity index (χ1) is 11.8. The number of hydrogen-bond acceptors (Lipinski definition) is 5. The van der Waals surface area contributed by atoms with Gasteiger partial charge >= 0.3 is 0 Å². The Hall–Kier alpha value is -2.60. The van der Waals surface area contributed by atoms with Crippen LogP contribution in [0.2, 0.25) is 0 Å². The van der Waals surface area contributed by atoms with Gasteiger partial charge in [-0.25, -0.2) is 0 Å². The molecule has 0 N–H and O–H groups in total. The normalized spacial score (nSPS) is 10.5. The molecule has 0 unspecified atom stereocenters. The molecule has 0 radical (unpaired) electrons. The predicted octanol–water partition coefficient (Wildman–Crippen LogP) is 3.47. The molecule has 3 rings (SSSR count). The highest BCUT2D eigenvalue weighted by atomic mass is 32.2. The molecule has 0 amide bonds. The van der Waals surface area contributed by atoms with E-state index in [-0.39, 0.29) is 0 Å². The fourth-order valence-electron chi connectivity index (χ4n) is 2.21. The summed E-state index contributed by atoms with van der Waals surface area (Å²) in [5.74, 6) is 2.36. The van der Waals surface area contributed by atoms with Crippen molar-refractivity contribution >= 4 is 18.0 Å². The molecule has 2 aromatic carbocycles. The first kappa shape index (κ1) is 16.3. The van der Waals surface area contributed by atoms with Crippen LogP contribution in [0.5, 0.6) is 5.75 Å². The van der Waals surface area contributed by atoms with E-state index >= 15 is 0 Å². The highest BCUT2D eigenvalue weighted by Crippen LogP contribution is 2.22. The van der Waals surface area contributed by atoms with E-state index in [4.69, 9.17) is 4.74 Å². The maximum absolute atomic E-state index is 10.6. The van der Waals surface area contributed by atoms with Crippen LogP contribution in [-0.2, 0) is 7.05 Å². The van der Waals surface area contributed by atoms with Gasteiger partial charge in [-0.2, -0.15) is 0 Å². The quantitative estimate of drug-likeness (QED) is 0.375. The van der Waals surface area contributed by atoms with Crippen LogP contribution in [0.15, 0.2) is 59.8 Å². The Morgan fingerprint density at radius 3 is 2.54 bits per heavy atom. The summed E-state index contributed by atoms with van der Waals surface area (Å²) in [4.78, 5) is 10.6. The smallest absolute Gasteiger partial charge is 0.191 e. The molecule has 6 heteroatoms. The van der Waals surface area contributed by atoms with Gasteiger partial charge in [-0.3, -0.25) is 4.79 Å². The number of carbonyl (C=O) groups is 1. The van der Waals surface area contributed by atoms with Gasteiger partial charge < -0.3 is 9.30 Å². The molecule has 0 aliphatic carbocycles. The van der Waals surface area contributed by atoms with Crippen molar-refractivity contribution in [2.45, 2.75) is 5.16 Å². The van der Waals surface area contributed by atoms with Gasteiger partial charge in [0, 0.05) is 23.9 Å². The number of benzene rings is 2. The first-order valence-corrected chi connectivity index (χ1v) is 8.52. The van der Waals surface area contributed by atoms with E-state index in [0.717, 1.165) is 34.3 Å². The molecule has 3 aromatic rings. The lowest BCUT2D eigenvalue weighted by molar-refractivity contribution is 0.112. The molecule has 0 saturated carbocycles. The molecule has 0 bridgehead atoms. The molecule has 0 aliphatic heterocycles. The van der Waals surface area contributed by atoms with Gasteiger partial charge in [-0.1, -0.05) is 42.1 Å². The van der Waals surface area contributed by atoms with Crippen LogP contribution < -0.4 is 4.74 Å². The number of thioether (sulfide) groups is 1. The van der Waals surface area contributed by atoms with Crippen molar-refractivity contribution in [1.29, 1.82) is 0 Å². The molecule has 0 atom stereocenters. The number of aromatic nitrogens is 3. The summed E-state index contributed by atoms with van der Waals surface area (Å²) in [6, 6.07) is 17.1. The predicted molar refractivity (Wildman–Crippen MR) is 94.5 cm³/mol. The molecule has 0 aliphatic rings. The molecule has 1 aromatic heterocycles. The van der Waals surface area contributed by atoms with Gasteiger partial charge in [0.1, 0.15) is 12.0 Å². The van der Waals surface area contributed by atoms with E-state index in [1.54, 1.807) is 36.0 Å². The fraction of sp³-hybridized carbons (Fsp3) is 0.167. The fourth-order valence-corrected chi connectivity index (χ4v) is 2.94. The third-order valence-corrected chi connectivity index (χ3v) is 4.45. The topological polar surface area (TPSA) is 57.0 Å². The first-order valence-electron chi connectivity index (χ1n) is 7.53. The van der Waals surface area contributed by atoms with Crippen molar-refractivity contribution in [3.63, 3.8) is 0 Å². The van der Waals surface area contributed by atoms with Crippen LogP contribution in [-0.4, -0.2) is 33.4 Å². The van der Waals surface area contributed by atoms with E-state index in [1.165, 1.54) is 0 Å². The van der Waals surface area contributed by atoms with Crippen molar-refractivity contribution in [3.8, 4) is 17.1 Å². The number of hydrogen-bond donors (Lipinski definition) is 0. The molecule has 0 saturated heterocycles. The number of rotatable bonds is 7. The van der Waals surface area contributed by atoms with Crippen LogP contribution in [0.1, 0.15) is 10.4 Å². The van der Waals surface area contributed by atoms with Crippen molar-refractivity contribution in [1.82, 2.24) is 14.8 Å². The van der Waals surface area contributed by atoms with Gasteiger partial charge in [0.25, 0.3) is 0 Å². The zero-order valence-electron chi connectivity index (χ0n) is 13.3. The molecule has 1 heterocycles. The SMILES string of the molecule is Cn1c(SCCOc2ccc(C=O)cc2)nnc1-c1ccccc1. The second kappa shape index (κ2) is 7.79. The van der Waals surface area contributed by atoms with Gasteiger partial charge in [0.2, 0.25) is 0 Å². The summed E-state index contributed by atoms with van der Waals surface area (Å²) in [7, 11) is 1.96. The summed E-state index contributed by atoms with van der Waals surface area (Å²) in [6.45, 7) is 0.554. The number of carbonyl (C=O) groups excluding carboxylic acids is 1. The van der Waals surface area contributed by atoms with Crippen LogP contribution in [0.25, 0.3) is 11.4 Å². The number of aldehydes is 1. The molecular weight excluding hydrogens is 322 g/mol. The lowest BCUT2D eigenvalue weighted by Gasteiger charge is -2.06. The number of ether oxygens (including phenoxy) is 1. The van der Waals surface area contributed by atoms with Crippen molar-refractivity contribution < 1.29 is 9.53 Å². The van der Waals surface area contributed by atoms with E-state index in [2.05, 4.69) is 10.2 Å². The van der Waals surface area contributed by atoms with Crippen LogP contribution in [0, 0.1) is 0 Å². The maximum atomic E-state index is 10.6. The zero-order valence-corrected chi connectivity index (χ0v) is 14.1. The molecule has 122 valence electrons. The lowest BCUT2D eigenvalue weighted by Crippen LogP contribution is -2.02. The average Bonchev–Trinajstić information content (AvgIpc) is 3.00. The third-order valence-electron chi connectivity index (χ3n) is 3.47. The van der Waals surface area contributed by atoms with Gasteiger partial charge in [0.15, 0.2) is 11.0 Å². The second-order valence-corrected chi connectivity index (χ2v) is 6.18. The maximum Gasteiger partial charge on any atom is 0.191 e. The van der Waals surface area contributed by atoms with E-state index in [0.29, 0.717) is 12.2 Å². The summed E-state index contributed by atoms with van der Waals surface area (Å²) >= 11 is 1.60.